The number of halogens is 1. The molecule has 0 amide bonds. The van der Waals surface area contributed by atoms with Gasteiger partial charge in [-0.2, -0.15) is 0 Å². The topological polar surface area (TPSA) is 13.1 Å². The predicted molar refractivity (Wildman–Crippen MR) is 57.5 cm³/mol. The van der Waals surface area contributed by atoms with Gasteiger partial charge in [-0.25, -0.2) is 0 Å². The van der Waals surface area contributed by atoms with Gasteiger partial charge in [0.2, 0.25) is 0 Å². The summed E-state index contributed by atoms with van der Waals surface area (Å²) in [6.45, 7) is 0. The highest BCUT2D eigenvalue weighted by Crippen LogP contribution is 2.14. The van der Waals surface area contributed by atoms with E-state index in [9.17, 15) is 0 Å². The van der Waals surface area contributed by atoms with Crippen LogP contribution in [0.4, 0.5) is 0 Å². The van der Waals surface area contributed by atoms with Gasteiger partial charge >= 0.3 is 0 Å². The zero-order chi connectivity index (χ0) is 9.80. The Labute approximate surface area is 88.3 Å². The Morgan fingerprint density at radius 1 is 1.07 bits per heavy atom. The fourth-order valence-corrected chi connectivity index (χ4v) is 1.53. The molecule has 1 heterocycles. The molecule has 1 aromatic heterocycles. The highest BCUT2D eigenvalue weighted by atomic mass is 35.5. The van der Waals surface area contributed by atoms with Crippen molar-refractivity contribution in [3.8, 4) is 0 Å². The molecule has 1 aromatic carbocycles. The predicted octanol–water partition coefficient (Wildman–Crippen LogP) is 3.61. The Kier molecular flexibility index (Phi) is 2.90. The first-order valence-corrected chi connectivity index (χ1v) is 5.08. The molecule has 0 N–H and O–H groups in total. The first-order valence-electron chi connectivity index (χ1n) is 4.54. The molecular weight excluding hydrogens is 196 g/mol. The molecule has 2 rings (SSSR count). The van der Waals surface area contributed by atoms with E-state index in [4.69, 9.17) is 16.0 Å². The lowest BCUT2D eigenvalue weighted by Crippen LogP contribution is -1.83. The second-order valence-electron chi connectivity index (χ2n) is 3.22. The first-order chi connectivity index (χ1) is 6.88. The van der Waals surface area contributed by atoms with E-state index in [1.54, 1.807) is 6.26 Å². The van der Waals surface area contributed by atoms with Crippen molar-refractivity contribution < 1.29 is 4.42 Å². The van der Waals surface area contributed by atoms with E-state index in [2.05, 4.69) is 12.1 Å². The highest BCUT2D eigenvalue weighted by Gasteiger charge is 2.01. The summed E-state index contributed by atoms with van der Waals surface area (Å²) >= 11 is 5.68. The van der Waals surface area contributed by atoms with Crippen molar-refractivity contribution in [2.45, 2.75) is 12.3 Å². The molecule has 0 saturated carbocycles. The fraction of sp³-hybridized carbons (Fsp3) is 0.167. The van der Waals surface area contributed by atoms with Crippen LogP contribution in [0.3, 0.4) is 0 Å². The molecule has 1 nitrogen and oxygen atoms in total. The smallest absolute Gasteiger partial charge is 0.108 e. The molecule has 2 aromatic rings. The van der Waals surface area contributed by atoms with Crippen molar-refractivity contribution in [1.29, 1.82) is 0 Å². The van der Waals surface area contributed by atoms with Crippen molar-refractivity contribution in [2.75, 3.05) is 0 Å². The minimum atomic E-state index is 0.512. The van der Waals surface area contributed by atoms with Gasteiger partial charge in [-0.15, -0.1) is 11.6 Å². The number of furan rings is 1. The minimum absolute atomic E-state index is 0.512. The van der Waals surface area contributed by atoms with Crippen LogP contribution in [0.15, 0.2) is 47.1 Å². The van der Waals surface area contributed by atoms with Gasteiger partial charge in [0.25, 0.3) is 0 Å². The maximum atomic E-state index is 5.68. The van der Waals surface area contributed by atoms with Crippen LogP contribution in [0.5, 0.6) is 0 Å². The van der Waals surface area contributed by atoms with Gasteiger partial charge in [0.05, 0.1) is 12.1 Å². The Bertz CT molecular complexity index is 392. The van der Waals surface area contributed by atoms with Gasteiger partial charge in [0.1, 0.15) is 5.76 Å². The third kappa shape index (κ3) is 2.18. The van der Waals surface area contributed by atoms with Gasteiger partial charge in [0, 0.05) is 12.0 Å². The average molecular weight is 207 g/mol. The van der Waals surface area contributed by atoms with Crippen LogP contribution in [0.2, 0.25) is 0 Å². The van der Waals surface area contributed by atoms with Crippen LogP contribution >= 0.6 is 11.6 Å². The summed E-state index contributed by atoms with van der Waals surface area (Å²) in [6.07, 6.45) is 2.54. The SMILES string of the molecule is ClCc1coc(Cc2ccccc2)c1. The Balaban J connectivity index is 2.11. The van der Waals surface area contributed by atoms with E-state index in [1.807, 2.05) is 24.3 Å². The third-order valence-electron chi connectivity index (χ3n) is 2.08. The summed E-state index contributed by atoms with van der Waals surface area (Å²) in [5.74, 6) is 1.48. The third-order valence-corrected chi connectivity index (χ3v) is 2.39. The van der Waals surface area contributed by atoms with E-state index >= 15 is 0 Å². The van der Waals surface area contributed by atoms with Crippen LogP contribution in [0.1, 0.15) is 16.9 Å². The molecular formula is C12H11ClO. The molecule has 0 aliphatic rings. The van der Waals surface area contributed by atoms with Gasteiger partial charge < -0.3 is 4.42 Å². The largest absolute Gasteiger partial charge is 0.469 e. The zero-order valence-corrected chi connectivity index (χ0v) is 8.50. The number of hydrogen-bond donors (Lipinski definition) is 0. The van der Waals surface area contributed by atoms with Gasteiger partial charge in [-0.3, -0.25) is 0 Å². The molecule has 72 valence electrons. The second-order valence-corrected chi connectivity index (χ2v) is 3.48. The molecule has 0 spiro atoms. The second kappa shape index (κ2) is 4.34. The first kappa shape index (κ1) is 9.35. The van der Waals surface area contributed by atoms with Gasteiger partial charge in [-0.1, -0.05) is 30.3 Å². The number of hydrogen-bond acceptors (Lipinski definition) is 1. The summed E-state index contributed by atoms with van der Waals surface area (Å²) in [4.78, 5) is 0. The summed E-state index contributed by atoms with van der Waals surface area (Å²) < 4.78 is 5.38. The van der Waals surface area contributed by atoms with Crippen LogP contribution in [-0.2, 0) is 12.3 Å². The van der Waals surface area contributed by atoms with Crippen molar-refractivity contribution in [1.82, 2.24) is 0 Å². The minimum Gasteiger partial charge on any atom is -0.469 e. The average Bonchev–Trinajstić information content (AvgIpc) is 2.67. The van der Waals surface area contributed by atoms with Crippen molar-refractivity contribution in [3.63, 3.8) is 0 Å². The molecule has 14 heavy (non-hydrogen) atoms. The molecule has 0 radical (unpaired) electrons. The summed E-state index contributed by atoms with van der Waals surface area (Å²) in [6, 6.07) is 12.2. The normalized spacial score (nSPS) is 10.4. The maximum Gasteiger partial charge on any atom is 0.108 e. The lowest BCUT2D eigenvalue weighted by atomic mass is 10.1. The number of alkyl halides is 1. The lowest BCUT2D eigenvalue weighted by molar-refractivity contribution is 0.519. The quantitative estimate of drug-likeness (QED) is 0.700. The van der Waals surface area contributed by atoms with Crippen LogP contribution < -0.4 is 0 Å². The van der Waals surface area contributed by atoms with Crippen molar-refractivity contribution in [2.24, 2.45) is 0 Å². The Hall–Kier alpha value is -1.21. The number of rotatable bonds is 3. The van der Waals surface area contributed by atoms with E-state index in [-0.39, 0.29) is 0 Å². The molecule has 0 aliphatic carbocycles. The summed E-state index contributed by atoms with van der Waals surface area (Å²) in [5.41, 5.74) is 2.29. The Morgan fingerprint density at radius 2 is 1.86 bits per heavy atom. The summed E-state index contributed by atoms with van der Waals surface area (Å²) in [5, 5.41) is 0. The van der Waals surface area contributed by atoms with Crippen LogP contribution in [-0.4, -0.2) is 0 Å². The van der Waals surface area contributed by atoms with Gasteiger partial charge in [0.15, 0.2) is 0 Å². The fourth-order valence-electron chi connectivity index (χ4n) is 1.39. The van der Waals surface area contributed by atoms with Crippen molar-refractivity contribution in [3.05, 3.63) is 59.5 Å². The number of benzene rings is 1. The zero-order valence-electron chi connectivity index (χ0n) is 7.74. The molecule has 0 aliphatic heterocycles. The van der Waals surface area contributed by atoms with Gasteiger partial charge in [-0.05, 0) is 11.6 Å². The Morgan fingerprint density at radius 3 is 2.50 bits per heavy atom. The highest BCUT2D eigenvalue weighted by molar-refractivity contribution is 6.17. The monoisotopic (exact) mass is 206 g/mol. The van der Waals surface area contributed by atoms with Crippen LogP contribution in [0, 0.1) is 0 Å². The summed E-state index contributed by atoms with van der Waals surface area (Å²) in [7, 11) is 0. The van der Waals surface area contributed by atoms with Crippen molar-refractivity contribution >= 4 is 11.6 Å². The molecule has 0 bridgehead atoms. The van der Waals surface area contributed by atoms with Crippen LogP contribution in [0.25, 0.3) is 0 Å². The lowest BCUT2D eigenvalue weighted by Gasteiger charge is -1.95. The molecule has 0 saturated heterocycles. The molecule has 0 fully saturated rings. The molecule has 0 unspecified atom stereocenters. The molecule has 0 atom stereocenters. The van der Waals surface area contributed by atoms with E-state index in [0.717, 1.165) is 17.7 Å². The molecule has 2 heteroatoms. The van der Waals surface area contributed by atoms with E-state index in [1.165, 1.54) is 5.56 Å². The van der Waals surface area contributed by atoms with E-state index < -0.39 is 0 Å². The standard InChI is InChI=1S/C12H11ClO/c13-8-11-7-12(14-9-11)6-10-4-2-1-3-5-10/h1-5,7,9H,6,8H2. The maximum absolute atomic E-state index is 5.68. The van der Waals surface area contributed by atoms with E-state index in [0.29, 0.717) is 5.88 Å².